The van der Waals surface area contributed by atoms with Gasteiger partial charge >= 0.3 is 11.9 Å². The Bertz CT molecular complexity index is 919. The second-order valence-electron chi connectivity index (χ2n) is 7.24. The number of ether oxygens (including phenoxy) is 2. The number of nitrogens with one attached hydrogen (secondary N) is 2. The van der Waals surface area contributed by atoms with Crippen LogP contribution in [0.2, 0.25) is 0 Å². The molecule has 8 heteroatoms. The monoisotopic (exact) mass is 446 g/mol. The van der Waals surface area contributed by atoms with Gasteiger partial charge in [0.05, 0.1) is 24.5 Å². The Morgan fingerprint density at radius 1 is 1.03 bits per heavy atom. The maximum atomic E-state index is 12.4. The standard InChI is InChI=1S/C23H30N2O5S/c1-6-29-22(27)20-15(5)21(23(28)30-7-2)25-18(20)12-31-13-19(26)24-17-10-8-16(9-11-17)14(3)4/h8-11,14,25H,6-7,12-13H2,1-5H3,(H,24,26). The molecule has 2 rings (SSSR count). The quantitative estimate of drug-likeness (QED) is 0.515. The van der Waals surface area contributed by atoms with Crippen LogP contribution in [0.3, 0.4) is 0 Å². The van der Waals surface area contributed by atoms with Crippen molar-refractivity contribution in [3.63, 3.8) is 0 Å². The van der Waals surface area contributed by atoms with Crippen molar-refractivity contribution < 1.29 is 23.9 Å². The van der Waals surface area contributed by atoms with Gasteiger partial charge in [0, 0.05) is 17.1 Å². The number of amides is 1. The summed E-state index contributed by atoms with van der Waals surface area (Å²) in [6.07, 6.45) is 0. The van der Waals surface area contributed by atoms with Crippen molar-refractivity contribution in [1.29, 1.82) is 0 Å². The highest BCUT2D eigenvalue weighted by atomic mass is 32.2. The van der Waals surface area contributed by atoms with Crippen molar-refractivity contribution in [2.24, 2.45) is 0 Å². The van der Waals surface area contributed by atoms with Gasteiger partial charge in [0.25, 0.3) is 0 Å². The number of esters is 2. The molecule has 1 aromatic heterocycles. The van der Waals surface area contributed by atoms with E-state index >= 15 is 0 Å². The number of carbonyl (C=O) groups excluding carboxylic acids is 3. The molecule has 0 unspecified atom stereocenters. The molecule has 1 amide bonds. The zero-order chi connectivity index (χ0) is 23.0. The van der Waals surface area contributed by atoms with Gasteiger partial charge in [-0.1, -0.05) is 26.0 Å². The Kier molecular flexibility index (Phi) is 9.18. The van der Waals surface area contributed by atoms with Gasteiger partial charge in [-0.25, -0.2) is 9.59 Å². The first-order valence-electron chi connectivity index (χ1n) is 10.3. The van der Waals surface area contributed by atoms with Crippen molar-refractivity contribution >= 4 is 35.3 Å². The molecule has 0 aliphatic carbocycles. The fourth-order valence-corrected chi connectivity index (χ4v) is 3.83. The van der Waals surface area contributed by atoms with Crippen LogP contribution in [0.25, 0.3) is 0 Å². The van der Waals surface area contributed by atoms with E-state index in [4.69, 9.17) is 9.47 Å². The number of benzene rings is 1. The number of hydrogen-bond donors (Lipinski definition) is 2. The van der Waals surface area contributed by atoms with Gasteiger partial charge in [-0.2, -0.15) is 0 Å². The third-order valence-electron chi connectivity index (χ3n) is 4.63. The predicted molar refractivity (Wildman–Crippen MR) is 123 cm³/mol. The molecule has 168 valence electrons. The van der Waals surface area contributed by atoms with Gasteiger partial charge in [0.1, 0.15) is 5.69 Å². The van der Waals surface area contributed by atoms with Crippen LogP contribution in [0.1, 0.15) is 71.3 Å². The normalized spacial score (nSPS) is 10.8. The molecule has 0 spiro atoms. The Balaban J connectivity index is 2.04. The number of carbonyl (C=O) groups is 3. The van der Waals surface area contributed by atoms with Crippen molar-refractivity contribution in [2.75, 3.05) is 24.3 Å². The van der Waals surface area contributed by atoms with Crippen LogP contribution in [-0.4, -0.2) is 41.8 Å². The number of aromatic amines is 1. The van der Waals surface area contributed by atoms with E-state index in [1.54, 1.807) is 20.8 Å². The van der Waals surface area contributed by atoms with Crippen LogP contribution in [0.15, 0.2) is 24.3 Å². The van der Waals surface area contributed by atoms with Crippen LogP contribution in [-0.2, 0) is 20.0 Å². The zero-order valence-corrected chi connectivity index (χ0v) is 19.5. The van der Waals surface area contributed by atoms with Crippen LogP contribution < -0.4 is 5.32 Å². The highest BCUT2D eigenvalue weighted by Crippen LogP contribution is 2.25. The lowest BCUT2D eigenvalue weighted by molar-refractivity contribution is -0.113. The lowest BCUT2D eigenvalue weighted by atomic mass is 10.0. The number of rotatable bonds is 10. The zero-order valence-electron chi connectivity index (χ0n) is 18.7. The van der Waals surface area contributed by atoms with E-state index in [9.17, 15) is 14.4 Å². The lowest BCUT2D eigenvalue weighted by Gasteiger charge is -2.09. The van der Waals surface area contributed by atoms with E-state index < -0.39 is 11.9 Å². The molecule has 31 heavy (non-hydrogen) atoms. The molecule has 0 radical (unpaired) electrons. The second kappa shape index (κ2) is 11.6. The van der Waals surface area contributed by atoms with Gasteiger partial charge < -0.3 is 19.8 Å². The summed E-state index contributed by atoms with van der Waals surface area (Å²) in [7, 11) is 0. The fraction of sp³-hybridized carbons (Fsp3) is 0.435. The molecule has 0 fully saturated rings. The van der Waals surface area contributed by atoms with Crippen LogP contribution in [0, 0.1) is 6.92 Å². The van der Waals surface area contributed by atoms with Crippen LogP contribution in [0.5, 0.6) is 0 Å². The maximum Gasteiger partial charge on any atom is 0.355 e. The summed E-state index contributed by atoms with van der Waals surface area (Å²) < 4.78 is 10.2. The molecule has 0 atom stereocenters. The van der Waals surface area contributed by atoms with E-state index in [1.165, 1.54) is 17.3 Å². The molecule has 2 aromatic rings. The van der Waals surface area contributed by atoms with Gasteiger partial charge in [0.15, 0.2) is 0 Å². The molecule has 2 N–H and O–H groups in total. The van der Waals surface area contributed by atoms with E-state index in [2.05, 4.69) is 24.1 Å². The van der Waals surface area contributed by atoms with Gasteiger partial charge in [-0.05, 0) is 49.9 Å². The molecule has 0 bridgehead atoms. The molecular formula is C23H30N2O5S. The van der Waals surface area contributed by atoms with Crippen molar-refractivity contribution in [3.8, 4) is 0 Å². The average molecular weight is 447 g/mol. The minimum Gasteiger partial charge on any atom is -0.462 e. The number of H-pyrrole nitrogens is 1. The molecule has 1 aromatic carbocycles. The Morgan fingerprint density at radius 2 is 1.65 bits per heavy atom. The van der Waals surface area contributed by atoms with E-state index in [0.29, 0.717) is 28.5 Å². The number of anilines is 1. The summed E-state index contributed by atoms with van der Waals surface area (Å²) in [6, 6.07) is 7.77. The third-order valence-corrected chi connectivity index (χ3v) is 5.59. The van der Waals surface area contributed by atoms with Crippen LogP contribution in [0.4, 0.5) is 5.69 Å². The maximum absolute atomic E-state index is 12.4. The molecule has 0 saturated carbocycles. The van der Waals surface area contributed by atoms with Gasteiger partial charge in [0.2, 0.25) is 5.91 Å². The molecule has 0 saturated heterocycles. The molecule has 7 nitrogen and oxygen atoms in total. The summed E-state index contributed by atoms with van der Waals surface area (Å²) >= 11 is 1.34. The molecular weight excluding hydrogens is 416 g/mol. The Hall–Kier alpha value is -2.74. The SMILES string of the molecule is CCOC(=O)c1[nH]c(CSCC(=O)Nc2ccc(C(C)C)cc2)c(C(=O)OCC)c1C. The second-order valence-corrected chi connectivity index (χ2v) is 8.22. The predicted octanol–water partition coefficient (Wildman–Crippen LogP) is 4.67. The van der Waals surface area contributed by atoms with E-state index in [0.717, 1.165) is 5.69 Å². The molecule has 0 aliphatic heterocycles. The number of hydrogen-bond acceptors (Lipinski definition) is 6. The number of thioether (sulfide) groups is 1. The van der Waals surface area contributed by atoms with E-state index in [1.807, 2.05) is 24.3 Å². The first-order chi connectivity index (χ1) is 14.8. The average Bonchev–Trinajstić information content (AvgIpc) is 3.05. The first kappa shape index (κ1) is 24.5. The fourth-order valence-electron chi connectivity index (χ4n) is 3.05. The highest BCUT2D eigenvalue weighted by Gasteiger charge is 2.25. The Labute approximate surface area is 187 Å². The van der Waals surface area contributed by atoms with Gasteiger partial charge in [-0.3, -0.25) is 4.79 Å². The lowest BCUT2D eigenvalue weighted by Crippen LogP contribution is -2.14. The van der Waals surface area contributed by atoms with Crippen LogP contribution >= 0.6 is 11.8 Å². The molecule has 1 heterocycles. The summed E-state index contributed by atoms with van der Waals surface area (Å²) in [4.78, 5) is 39.9. The summed E-state index contributed by atoms with van der Waals surface area (Å²) in [5, 5.41) is 2.87. The highest BCUT2D eigenvalue weighted by molar-refractivity contribution is 7.99. The minimum absolute atomic E-state index is 0.145. The Morgan fingerprint density at radius 3 is 2.23 bits per heavy atom. The summed E-state index contributed by atoms with van der Waals surface area (Å²) in [6.45, 7) is 9.80. The number of aromatic nitrogens is 1. The van der Waals surface area contributed by atoms with Crippen molar-refractivity contribution in [1.82, 2.24) is 4.98 Å². The van der Waals surface area contributed by atoms with Crippen molar-refractivity contribution in [3.05, 3.63) is 52.3 Å². The topological polar surface area (TPSA) is 97.5 Å². The first-order valence-corrected chi connectivity index (χ1v) is 11.5. The van der Waals surface area contributed by atoms with Gasteiger partial charge in [-0.15, -0.1) is 11.8 Å². The third kappa shape index (κ3) is 6.62. The minimum atomic E-state index is -0.524. The summed E-state index contributed by atoms with van der Waals surface area (Å²) in [5.41, 5.74) is 3.53. The van der Waals surface area contributed by atoms with E-state index in [-0.39, 0.29) is 30.6 Å². The smallest absolute Gasteiger partial charge is 0.355 e. The van der Waals surface area contributed by atoms with Crippen molar-refractivity contribution in [2.45, 2.75) is 46.3 Å². The molecule has 0 aliphatic rings. The largest absolute Gasteiger partial charge is 0.462 e. The summed E-state index contributed by atoms with van der Waals surface area (Å²) in [5.74, 6) is -0.206.